The molecule has 0 saturated carbocycles. The van der Waals surface area contributed by atoms with Crippen molar-refractivity contribution >= 4 is 30.2 Å². The monoisotopic (exact) mass is 829 g/mol. The lowest BCUT2D eigenvalue weighted by Gasteiger charge is -2.45. The van der Waals surface area contributed by atoms with E-state index in [-0.39, 0.29) is 16.9 Å². The molecule has 0 spiro atoms. The lowest BCUT2D eigenvalue weighted by molar-refractivity contribution is -0.150. The number of unbranched alkanes of at least 4 members (excludes halogenated alkanes) is 32. The van der Waals surface area contributed by atoms with E-state index in [0.29, 0.717) is 0 Å². The normalized spacial score (nSPS) is 14.1. The highest BCUT2D eigenvalue weighted by atomic mass is 79.9. The third-order valence-corrected chi connectivity index (χ3v) is 18.4. The van der Waals surface area contributed by atoms with E-state index in [9.17, 15) is 4.79 Å². The number of methoxy groups -OCH3 is 1. The first kappa shape index (κ1) is 53.1. The minimum absolute atomic E-state index is 0.0790. The topological polar surface area (TPSA) is 35.5 Å². The first-order chi connectivity index (χ1) is 25.4. The fourth-order valence-electron chi connectivity index (χ4n) is 7.69. The molecule has 0 heterocycles. The summed E-state index contributed by atoms with van der Waals surface area (Å²) in [4.78, 5) is 13.3. The molecular weight excluding hydrogens is 733 g/mol. The van der Waals surface area contributed by atoms with Crippen LogP contribution in [-0.2, 0) is 14.0 Å². The van der Waals surface area contributed by atoms with Gasteiger partial charge in [-0.2, -0.15) is 0 Å². The van der Waals surface area contributed by atoms with Gasteiger partial charge in [0.15, 0.2) is 8.32 Å². The molecule has 0 aromatic carbocycles. The van der Waals surface area contributed by atoms with Crippen LogP contribution in [0.2, 0.25) is 18.1 Å². The number of carbonyl (C=O) groups is 1. The van der Waals surface area contributed by atoms with Gasteiger partial charge in [0, 0.05) is 0 Å². The molecule has 0 amide bonds. The number of ether oxygens (including phenoxy) is 1. The molecule has 3 nitrogen and oxygen atoms in total. The SMILES string of the molecule is CCCCCCCCCCCCCCCCCCCCCCCC[C@H](C(=O)OC)[C@](Br)(CCCCCCCCCCCCCC)O[Si](C)(C)C(C)(C)C. The molecule has 0 aliphatic heterocycles. The summed E-state index contributed by atoms with van der Waals surface area (Å²) in [6.07, 6.45) is 48.3. The number of alkyl halides is 1. The standard InChI is InChI=1S/C48H97BrO3Si/c1-9-11-13-15-17-19-21-23-24-25-26-27-28-29-30-31-32-33-35-37-39-41-43-45(46(50)51-6)48(49,52-53(7,8)47(3,4)5)44-42-40-38-36-34-22-20-18-16-14-12-10-2/h45H,9-44H2,1-8H3/t45-,48+/m1/s1. The Labute approximate surface area is 344 Å². The zero-order chi connectivity index (χ0) is 39.5. The van der Waals surface area contributed by atoms with Crippen LogP contribution in [0, 0.1) is 5.92 Å². The predicted molar refractivity (Wildman–Crippen MR) is 243 cm³/mol. The lowest BCUT2D eigenvalue weighted by Crippen LogP contribution is -2.52. The fourth-order valence-corrected chi connectivity index (χ4v) is 11.0. The van der Waals surface area contributed by atoms with Gasteiger partial charge in [0.1, 0.15) is 4.51 Å². The van der Waals surface area contributed by atoms with Gasteiger partial charge >= 0.3 is 5.97 Å². The van der Waals surface area contributed by atoms with Gasteiger partial charge in [-0.05, 0) is 37.4 Å². The molecule has 5 heteroatoms. The van der Waals surface area contributed by atoms with Gasteiger partial charge in [0.25, 0.3) is 0 Å². The molecular formula is C48H97BrO3Si. The Kier molecular flexibility index (Phi) is 35.4. The second-order valence-corrected chi connectivity index (χ2v) is 24.6. The van der Waals surface area contributed by atoms with Crippen LogP contribution in [0.3, 0.4) is 0 Å². The highest BCUT2D eigenvalue weighted by molar-refractivity contribution is 9.10. The van der Waals surface area contributed by atoms with E-state index in [1.165, 1.54) is 205 Å². The molecule has 0 fully saturated rings. The van der Waals surface area contributed by atoms with E-state index in [1.54, 1.807) is 7.11 Å². The van der Waals surface area contributed by atoms with Crippen molar-refractivity contribution in [3.05, 3.63) is 0 Å². The van der Waals surface area contributed by atoms with Gasteiger partial charge in [0.2, 0.25) is 0 Å². The van der Waals surface area contributed by atoms with E-state index >= 15 is 0 Å². The van der Waals surface area contributed by atoms with Crippen LogP contribution in [-0.4, -0.2) is 25.9 Å². The summed E-state index contributed by atoms with van der Waals surface area (Å²) in [7, 11) is -0.564. The summed E-state index contributed by atoms with van der Waals surface area (Å²) >= 11 is 4.12. The Morgan fingerprint density at radius 2 is 0.755 bits per heavy atom. The quantitative estimate of drug-likeness (QED) is 0.0267. The van der Waals surface area contributed by atoms with E-state index in [4.69, 9.17) is 9.16 Å². The summed E-state index contributed by atoms with van der Waals surface area (Å²) in [5, 5.41) is 0.0790. The lowest BCUT2D eigenvalue weighted by atomic mass is 9.91. The zero-order valence-electron chi connectivity index (χ0n) is 37.6. The molecule has 0 aliphatic carbocycles. The molecule has 0 bridgehead atoms. The van der Waals surface area contributed by atoms with E-state index < -0.39 is 12.8 Å². The number of rotatable bonds is 40. The van der Waals surface area contributed by atoms with Crippen molar-refractivity contribution in [1.82, 2.24) is 0 Å². The molecule has 0 aliphatic rings. The van der Waals surface area contributed by atoms with Crippen LogP contribution in [0.4, 0.5) is 0 Å². The zero-order valence-corrected chi connectivity index (χ0v) is 40.2. The van der Waals surface area contributed by atoms with Gasteiger partial charge in [-0.25, -0.2) is 0 Å². The van der Waals surface area contributed by atoms with Crippen LogP contribution >= 0.6 is 15.9 Å². The van der Waals surface area contributed by atoms with E-state index in [1.807, 2.05) is 0 Å². The molecule has 0 saturated heterocycles. The Morgan fingerprint density at radius 3 is 1.02 bits per heavy atom. The highest BCUT2D eigenvalue weighted by Gasteiger charge is 2.49. The molecule has 0 unspecified atom stereocenters. The van der Waals surface area contributed by atoms with Gasteiger partial charge < -0.3 is 9.16 Å². The summed E-state index contributed by atoms with van der Waals surface area (Å²) in [5.41, 5.74) is 0. The number of hydrogen-bond acceptors (Lipinski definition) is 3. The largest absolute Gasteiger partial charge is 0.469 e. The van der Waals surface area contributed by atoms with Crippen LogP contribution < -0.4 is 0 Å². The second-order valence-electron chi connectivity index (χ2n) is 18.6. The Bertz CT molecular complexity index is 796. The van der Waals surface area contributed by atoms with Crippen LogP contribution in [0.5, 0.6) is 0 Å². The maximum atomic E-state index is 13.3. The van der Waals surface area contributed by atoms with Gasteiger partial charge in [-0.1, -0.05) is 262 Å². The minimum Gasteiger partial charge on any atom is -0.469 e. The molecule has 0 aromatic heterocycles. The van der Waals surface area contributed by atoms with Crippen LogP contribution in [0.1, 0.15) is 266 Å². The molecule has 53 heavy (non-hydrogen) atoms. The Balaban J connectivity index is 4.36. The Hall–Kier alpha value is 0.127. The number of carbonyl (C=O) groups excluding carboxylic acids is 1. The third kappa shape index (κ3) is 30.0. The van der Waals surface area contributed by atoms with E-state index in [2.05, 4.69) is 63.6 Å². The van der Waals surface area contributed by atoms with Crippen molar-refractivity contribution in [3.8, 4) is 0 Å². The van der Waals surface area contributed by atoms with Crippen molar-refractivity contribution in [3.63, 3.8) is 0 Å². The molecule has 0 radical (unpaired) electrons. The van der Waals surface area contributed by atoms with Crippen LogP contribution in [0.15, 0.2) is 0 Å². The average molecular weight is 830 g/mol. The molecule has 0 N–H and O–H groups in total. The molecule has 2 atom stereocenters. The smallest absolute Gasteiger partial charge is 0.312 e. The van der Waals surface area contributed by atoms with Gasteiger partial charge in [-0.3, -0.25) is 4.79 Å². The van der Waals surface area contributed by atoms with Crippen LogP contribution in [0.25, 0.3) is 0 Å². The minimum atomic E-state index is -2.12. The first-order valence-corrected chi connectivity index (χ1v) is 27.6. The maximum absolute atomic E-state index is 13.3. The number of hydrogen-bond donors (Lipinski definition) is 0. The third-order valence-electron chi connectivity index (χ3n) is 12.5. The summed E-state index contributed by atoms with van der Waals surface area (Å²) in [6, 6.07) is 0. The van der Waals surface area contributed by atoms with Crippen molar-refractivity contribution in [2.24, 2.45) is 5.92 Å². The molecule has 0 aromatic rings. The van der Waals surface area contributed by atoms with Gasteiger partial charge in [0.05, 0.1) is 13.0 Å². The van der Waals surface area contributed by atoms with Crippen molar-refractivity contribution < 1.29 is 14.0 Å². The van der Waals surface area contributed by atoms with Crippen molar-refractivity contribution in [2.75, 3.05) is 7.11 Å². The Morgan fingerprint density at radius 1 is 0.491 bits per heavy atom. The molecule has 0 rings (SSSR count). The maximum Gasteiger partial charge on any atom is 0.312 e. The predicted octanol–water partition coefficient (Wildman–Crippen LogP) is 18.0. The second kappa shape index (κ2) is 35.3. The summed E-state index contributed by atoms with van der Waals surface area (Å²) in [5.74, 6) is -0.373. The highest BCUT2D eigenvalue weighted by Crippen LogP contribution is 2.47. The van der Waals surface area contributed by atoms with Gasteiger partial charge in [-0.15, -0.1) is 0 Å². The van der Waals surface area contributed by atoms with Crippen molar-refractivity contribution in [1.29, 1.82) is 0 Å². The fraction of sp³-hybridized carbons (Fsp3) is 0.979. The van der Waals surface area contributed by atoms with Crippen molar-refractivity contribution in [2.45, 2.75) is 288 Å². The molecule has 318 valence electrons. The number of esters is 1. The summed E-state index contributed by atoms with van der Waals surface area (Å²) < 4.78 is 11.9. The number of halogens is 1. The first-order valence-electron chi connectivity index (χ1n) is 23.9. The average Bonchev–Trinajstić information content (AvgIpc) is 3.11. The van der Waals surface area contributed by atoms with E-state index in [0.717, 1.165) is 25.7 Å². The summed E-state index contributed by atoms with van der Waals surface area (Å²) in [6.45, 7) is 16.1.